The zero-order chi connectivity index (χ0) is 10.3. The van der Waals surface area contributed by atoms with E-state index in [0.29, 0.717) is 22.7 Å². The summed E-state index contributed by atoms with van der Waals surface area (Å²) in [6, 6.07) is 4.27. The number of aldehydes is 1. The summed E-state index contributed by atoms with van der Waals surface area (Å²) in [5.41, 5.74) is 1.01. The molecule has 0 heterocycles. The van der Waals surface area contributed by atoms with Crippen molar-refractivity contribution in [2.24, 2.45) is 0 Å². The Bertz CT molecular complexity index is 274. The summed E-state index contributed by atoms with van der Waals surface area (Å²) in [6.07, 6.45) is 0.700. The second-order valence-corrected chi connectivity index (χ2v) is 2.66. The molecule has 0 atom stereocenters. The van der Waals surface area contributed by atoms with Crippen LogP contribution in [-0.2, 0) is 5.33 Å². The van der Waals surface area contributed by atoms with E-state index in [2.05, 4.69) is 15.9 Å². The number of halogens is 2. The lowest BCUT2D eigenvalue weighted by atomic mass is 10.1. The van der Waals surface area contributed by atoms with Gasteiger partial charge in [0.2, 0.25) is 0 Å². The number of carbonyl (C=O) groups excluding carboxylic acids is 1. The number of carbonyl (C=O) groups is 1. The first-order valence-electron chi connectivity index (χ1n) is 4.07. The minimum absolute atomic E-state index is 0.285. The van der Waals surface area contributed by atoms with Gasteiger partial charge in [0, 0.05) is 10.9 Å². The Kier molecular flexibility index (Phi) is 6.41. The van der Waals surface area contributed by atoms with Gasteiger partial charge in [-0.2, -0.15) is 0 Å². The summed E-state index contributed by atoms with van der Waals surface area (Å²) in [7, 11) is 0. The number of hydrogen-bond donors (Lipinski definition) is 0. The maximum Gasteiger partial charge on any atom is 0.150 e. The zero-order valence-corrected chi connectivity index (χ0v) is 9.27. The first kappa shape index (κ1) is 12.3. The number of rotatable bonds is 2. The summed E-state index contributed by atoms with van der Waals surface area (Å²) in [4.78, 5) is 10.2. The Labute approximate surface area is 86.1 Å². The van der Waals surface area contributed by atoms with Gasteiger partial charge in [-0.25, -0.2) is 4.39 Å². The van der Waals surface area contributed by atoms with E-state index in [9.17, 15) is 9.18 Å². The van der Waals surface area contributed by atoms with Gasteiger partial charge in [-0.1, -0.05) is 29.8 Å². The highest BCUT2D eigenvalue weighted by Gasteiger charge is 2.00. The Morgan fingerprint density at radius 3 is 2.54 bits per heavy atom. The van der Waals surface area contributed by atoms with Crippen LogP contribution >= 0.6 is 15.9 Å². The monoisotopic (exact) mass is 246 g/mol. The van der Waals surface area contributed by atoms with Crippen LogP contribution in [0, 0.1) is 5.82 Å². The first-order chi connectivity index (χ1) is 6.27. The van der Waals surface area contributed by atoms with Gasteiger partial charge in [-0.3, -0.25) is 4.79 Å². The molecule has 0 unspecified atom stereocenters. The SMILES string of the molecule is CC.O=Cc1ccc(F)c(CBr)c1. The van der Waals surface area contributed by atoms with Crippen molar-refractivity contribution in [3.8, 4) is 0 Å². The highest BCUT2D eigenvalue weighted by Crippen LogP contribution is 2.12. The molecule has 0 spiro atoms. The number of alkyl halides is 1. The maximum atomic E-state index is 12.8. The standard InChI is InChI=1S/C8H6BrFO.C2H6/c9-4-7-3-6(5-11)1-2-8(7)10;1-2/h1-3,5H,4H2;1-2H3. The van der Waals surface area contributed by atoms with Crippen molar-refractivity contribution in [2.75, 3.05) is 0 Å². The van der Waals surface area contributed by atoms with Crippen molar-refractivity contribution in [2.45, 2.75) is 19.2 Å². The lowest BCUT2D eigenvalue weighted by Gasteiger charge is -1.97. The van der Waals surface area contributed by atoms with Crippen LogP contribution in [0.5, 0.6) is 0 Å². The van der Waals surface area contributed by atoms with Crippen molar-refractivity contribution < 1.29 is 9.18 Å². The fourth-order valence-electron chi connectivity index (χ4n) is 0.770. The van der Waals surface area contributed by atoms with E-state index in [-0.39, 0.29) is 5.82 Å². The molecule has 0 aliphatic carbocycles. The van der Waals surface area contributed by atoms with Gasteiger partial charge < -0.3 is 0 Å². The van der Waals surface area contributed by atoms with Crippen molar-refractivity contribution in [1.29, 1.82) is 0 Å². The molecule has 0 aliphatic heterocycles. The van der Waals surface area contributed by atoms with Gasteiger partial charge in [-0.05, 0) is 23.8 Å². The van der Waals surface area contributed by atoms with E-state index in [1.807, 2.05) is 13.8 Å². The van der Waals surface area contributed by atoms with Gasteiger partial charge in [0.15, 0.2) is 0 Å². The molecule has 0 saturated carbocycles. The Morgan fingerprint density at radius 2 is 2.08 bits per heavy atom. The van der Waals surface area contributed by atoms with Crippen molar-refractivity contribution in [3.05, 3.63) is 35.1 Å². The molecule has 0 fully saturated rings. The minimum Gasteiger partial charge on any atom is -0.298 e. The van der Waals surface area contributed by atoms with Crippen molar-refractivity contribution >= 4 is 22.2 Å². The highest BCUT2D eigenvalue weighted by molar-refractivity contribution is 9.08. The molecule has 72 valence electrons. The van der Waals surface area contributed by atoms with Crippen LogP contribution < -0.4 is 0 Å². The van der Waals surface area contributed by atoms with Crippen LogP contribution in [0.1, 0.15) is 29.8 Å². The van der Waals surface area contributed by atoms with Crippen molar-refractivity contribution in [3.63, 3.8) is 0 Å². The van der Waals surface area contributed by atoms with E-state index in [4.69, 9.17) is 0 Å². The predicted molar refractivity (Wildman–Crippen MR) is 55.8 cm³/mol. The molecular formula is C10H12BrFO. The van der Waals surface area contributed by atoms with Gasteiger partial charge in [-0.15, -0.1) is 0 Å². The van der Waals surface area contributed by atoms with E-state index in [1.165, 1.54) is 18.2 Å². The third-order valence-corrected chi connectivity index (χ3v) is 1.95. The summed E-state index contributed by atoms with van der Waals surface area (Å²) >= 11 is 3.12. The normalized spacial score (nSPS) is 8.62. The molecule has 1 nitrogen and oxygen atoms in total. The Hall–Kier alpha value is -0.700. The lowest BCUT2D eigenvalue weighted by molar-refractivity contribution is 0.112. The van der Waals surface area contributed by atoms with Crippen LogP contribution in [0.4, 0.5) is 4.39 Å². The van der Waals surface area contributed by atoms with Crippen LogP contribution in [0.15, 0.2) is 18.2 Å². The highest BCUT2D eigenvalue weighted by atomic mass is 79.9. The van der Waals surface area contributed by atoms with E-state index in [1.54, 1.807) is 0 Å². The van der Waals surface area contributed by atoms with Crippen LogP contribution in [0.2, 0.25) is 0 Å². The lowest BCUT2D eigenvalue weighted by Crippen LogP contribution is -1.88. The second kappa shape index (κ2) is 6.78. The fraction of sp³-hybridized carbons (Fsp3) is 0.300. The third kappa shape index (κ3) is 3.68. The van der Waals surface area contributed by atoms with Gasteiger partial charge in [0.1, 0.15) is 12.1 Å². The summed E-state index contributed by atoms with van der Waals surface area (Å²) in [5, 5.41) is 0.431. The van der Waals surface area contributed by atoms with E-state index < -0.39 is 0 Å². The molecule has 0 N–H and O–H groups in total. The molecule has 1 aromatic rings. The zero-order valence-electron chi connectivity index (χ0n) is 7.68. The molecule has 1 aromatic carbocycles. The number of hydrogen-bond acceptors (Lipinski definition) is 1. The summed E-state index contributed by atoms with van der Waals surface area (Å²) in [5.74, 6) is -0.285. The van der Waals surface area contributed by atoms with Crippen LogP contribution in [0.3, 0.4) is 0 Å². The van der Waals surface area contributed by atoms with E-state index in [0.717, 1.165) is 0 Å². The Balaban J connectivity index is 0.000000671. The molecule has 0 aromatic heterocycles. The summed E-state index contributed by atoms with van der Waals surface area (Å²) in [6.45, 7) is 4.00. The quantitative estimate of drug-likeness (QED) is 0.576. The third-order valence-electron chi connectivity index (χ3n) is 1.35. The van der Waals surface area contributed by atoms with Gasteiger partial charge in [0.25, 0.3) is 0 Å². The molecule has 0 bridgehead atoms. The molecule has 0 radical (unpaired) electrons. The van der Waals surface area contributed by atoms with Gasteiger partial charge in [0.05, 0.1) is 0 Å². The molecule has 1 rings (SSSR count). The average molecular weight is 247 g/mol. The van der Waals surface area contributed by atoms with Crippen molar-refractivity contribution in [1.82, 2.24) is 0 Å². The summed E-state index contributed by atoms with van der Waals surface area (Å²) < 4.78 is 12.8. The molecular weight excluding hydrogens is 235 g/mol. The predicted octanol–water partition coefficient (Wildman–Crippen LogP) is 3.56. The fourth-order valence-corrected chi connectivity index (χ4v) is 1.20. The van der Waals surface area contributed by atoms with Gasteiger partial charge >= 0.3 is 0 Å². The largest absolute Gasteiger partial charge is 0.298 e. The van der Waals surface area contributed by atoms with Crippen LogP contribution in [-0.4, -0.2) is 6.29 Å². The topological polar surface area (TPSA) is 17.1 Å². The van der Waals surface area contributed by atoms with E-state index >= 15 is 0 Å². The molecule has 3 heteroatoms. The Morgan fingerprint density at radius 1 is 1.46 bits per heavy atom. The number of benzene rings is 1. The first-order valence-corrected chi connectivity index (χ1v) is 5.19. The molecule has 0 amide bonds. The van der Waals surface area contributed by atoms with Crippen LogP contribution in [0.25, 0.3) is 0 Å². The molecule has 13 heavy (non-hydrogen) atoms. The maximum absolute atomic E-state index is 12.8. The smallest absolute Gasteiger partial charge is 0.150 e. The average Bonchev–Trinajstić information content (AvgIpc) is 2.22. The molecule has 0 saturated heterocycles. The molecule has 0 aliphatic rings. The minimum atomic E-state index is -0.285. The second-order valence-electron chi connectivity index (χ2n) is 2.10.